The Bertz CT molecular complexity index is 288. The van der Waals surface area contributed by atoms with Crippen LogP contribution in [0, 0.1) is 5.41 Å². The van der Waals surface area contributed by atoms with Crippen LogP contribution in [0.15, 0.2) is 0 Å². The van der Waals surface area contributed by atoms with Gasteiger partial charge in [0.25, 0.3) is 0 Å². The average molecular weight is 203 g/mol. The predicted molar refractivity (Wildman–Crippen MR) is 48.2 cm³/mol. The monoisotopic (exact) mass is 203 g/mol. The highest BCUT2D eigenvalue weighted by Gasteiger charge is 2.49. The normalized spacial score (nSPS) is 32.8. The molecule has 2 fully saturated rings. The minimum atomic E-state index is -4.02. The van der Waals surface area contributed by atoms with E-state index in [-0.39, 0.29) is 5.41 Å². The summed E-state index contributed by atoms with van der Waals surface area (Å²) in [5, 5.41) is -0.555. The van der Waals surface area contributed by atoms with Crippen molar-refractivity contribution in [3.05, 3.63) is 0 Å². The van der Waals surface area contributed by atoms with Gasteiger partial charge in [-0.25, -0.2) is 8.42 Å². The lowest BCUT2D eigenvalue weighted by atomic mass is 9.60. The maximum Gasteiger partial charge on any atom is 0.0980 e. The molecule has 2 saturated carbocycles. The van der Waals surface area contributed by atoms with E-state index >= 15 is 0 Å². The molecular weight excluding hydrogens is 188 g/mol. The van der Waals surface area contributed by atoms with E-state index < -0.39 is 15.4 Å². The van der Waals surface area contributed by atoms with Gasteiger partial charge in [0.2, 0.25) is 0 Å². The molecule has 2 aliphatic carbocycles. The van der Waals surface area contributed by atoms with E-state index in [9.17, 15) is 13.0 Å². The highest BCUT2D eigenvalue weighted by molar-refractivity contribution is 7.86. The van der Waals surface area contributed by atoms with Crippen molar-refractivity contribution in [3.8, 4) is 0 Å². The first-order chi connectivity index (χ1) is 6.05. The SMILES string of the molecule is O=S(=O)([O-])C1CCC12CCCCC2. The summed E-state index contributed by atoms with van der Waals surface area (Å²) in [6, 6.07) is 0. The molecular formula is C9H15O3S-. The predicted octanol–water partition coefficient (Wildman–Crippen LogP) is 1.64. The van der Waals surface area contributed by atoms with Crippen molar-refractivity contribution >= 4 is 10.1 Å². The van der Waals surface area contributed by atoms with Crippen molar-refractivity contribution in [2.75, 3.05) is 0 Å². The van der Waals surface area contributed by atoms with E-state index in [4.69, 9.17) is 0 Å². The van der Waals surface area contributed by atoms with Crippen LogP contribution in [0.2, 0.25) is 0 Å². The lowest BCUT2D eigenvalue weighted by Crippen LogP contribution is -2.50. The Balaban J connectivity index is 2.16. The summed E-state index contributed by atoms with van der Waals surface area (Å²) < 4.78 is 32.8. The second-order valence-corrected chi connectivity index (χ2v) is 6.00. The zero-order chi connectivity index (χ0) is 9.53. The minimum Gasteiger partial charge on any atom is -0.748 e. The van der Waals surface area contributed by atoms with Crippen LogP contribution >= 0.6 is 0 Å². The van der Waals surface area contributed by atoms with E-state index in [0.717, 1.165) is 32.1 Å². The van der Waals surface area contributed by atoms with E-state index in [0.29, 0.717) is 6.42 Å². The van der Waals surface area contributed by atoms with Crippen LogP contribution in [0.5, 0.6) is 0 Å². The molecule has 13 heavy (non-hydrogen) atoms. The number of hydrogen-bond acceptors (Lipinski definition) is 3. The molecule has 3 nitrogen and oxygen atoms in total. The molecule has 0 aliphatic heterocycles. The smallest absolute Gasteiger partial charge is 0.0980 e. The molecule has 0 N–H and O–H groups in total. The Morgan fingerprint density at radius 2 is 1.69 bits per heavy atom. The Kier molecular flexibility index (Phi) is 2.15. The Hall–Kier alpha value is -0.0900. The highest BCUT2D eigenvalue weighted by atomic mass is 32.2. The summed E-state index contributed by atoms with van der Waals surface area (Å²) >= 11 is 0. The van der Waals surface area contributed by atoms with Gasteiger partial charge in [-0.3, -0.25) is 0 Å². The van der Waals surface area contributed by atoms with Crippen molar-refractivity contribution < 1.29 is 13.0 Å². The summed E-state index contributed by atoms with van der Waals surface area (Å²) in [5.41, 5.74) is -0.0984. The molecule has 2 rings (SSSR count). The standard InChI is InChI=1S/C9H16O3S/c10-13(11,12)8-4-7-9(8)5-2-1-3-6-9/h8H,1-7H2,(H,10,11,12)/p-1. The zero-order valence-electron chi connectivity index (χ0n) is 7.66. The van der Waals surface area contributed by atoms with E-state index in [1.807, 2.05) is 0 Å². The highest BCUT2D eigenvalue weighted by Crippen LogP contribution is 2.54. The Morgan fingerprint density at radius 3 is 2.08 bits per heavy atom. The van der Waals surface area contributed by atoms with E-state index in [1.165, 1.54) is 6.42 Å². The summed E-state index contributed by atoms with van der Waals surface area (Å²) in [4.78, 5) is 0. The van der Waals surface area contributed by atoms with Gasteiger partial charge in [0.1, 0.15) is 0 Å². The third-order valence-corrected chi connectivity index (χ3v) is 5.22. The van der Waals surface area contributed by atoms with Crippen LogP contribution in [-0.4, -0.2) is 18.2 Å². The van der Waals surface area contributed by atoms with Crippen LogP contribution in [0.1, 0.15) is 44.9 Å². The van der Waals surface area contributed by atoms with Gasteiger partial charge in [-0.2, -0.15) is 0 Å². The first kappa shape index (κ1) is 9.46. The fraction of sp³-hybridized carbons (Fsp3) is 1.00. The summed E-state index contributed by atoms with van der Waals surface area (Å²) in [5.74, 6) is 0. The van der Waals surface area contributed by atoms with E-state index in [1.54, 1.807) is 0 Å². The van der Waals surface area contributed by atoms with Gasteiger partial charge in [0.15, 0.2) is 0 Å². The van der Waals surface area contributed by atoms with Gasteiger partial charge in [-0.05, 0) is 31.1 Å². The molecule has 4 heteroatoms. The molecule has 2 aliphatic rings. The zero-order valence-corrected chi connectivity index (χ0v) is 8.48. The van der Waals surface area contributed by atoms with Crippen LogP contribution in [0.4, 0.5) is 0 Å². The van der Waals surface area contributed by atoms with Crippen LogP contribution < -0.4 is 0 Å². The summed E-state index contributed by atoms with van der Waals surface area (Å²) in [6.07, 6.45) is 6.88. The van der Waals surface area contributed by atoms with Crippen molar-refractivity contribution in [3.63, 3.8) is 0 Å². The third-order valence-electron chi connectivity index (χ3n) is 3.79. The third kappa shape index (κ3) is 1.50. The summed E-state index contributed by atoms with van der Waals surface area (Å²) in [7, 11) is -4.02. The van der Waals surface area contributed by atoms with Crippen LogP contribution in [0.25, 0.3) is 0 Å². The molecule has 0 bridgehead atoms. The van der Waals surface area contributed by atoms with Crippen LogP contribution in [-0.2, 0) is 10.1 Å². The fourth-order valence-electron chi connectivity index (χ4n) is 2.95. The quantitative estimate of drug-likeness (QED) is 0.609. The molecule has 0 aromatic heterocycles. The molecule has 76 valence electrons. The topological polar surface area (TPSA) is 57.2 Å². The van der Waals surface area contributed by atoms with Crippen molar-refractivity contribution in [2.24, 2.45) is 5.41 Å². The fourth-order valence-corrected chi connectivity index (χ4v) is 4.32. The lowest BCUT2D eigenvalue weighted by Gasteiger charge is -2.52. The van der Waals surface area contributed by atoms with Crippen molar-refractivity contribution in [1.82, 2.24) is 0 Å². The second-order valence-electron chi connectivity index (χ2n) is 4.44. The molecule has 1 spiro atoms. The largest absolute Gasteiger partial charge is 0.748 e. The molecule has 0 heterocycles. The molecule has 1 unspecified atom stereocenters. The average Bonchev–Trinajstić information content (AvgIpc) is 2.01. The van der Waals surface area contributed by atoms with Gasteiger partial charge < -0.3 is 4.55 Å². The molecule has 0 amide bonds. The van der Waals surface area contributed by atoms with Crippen LogP contribution in [0.3, 0.4) is 0 Å². The molecule has 0 radical (unpaired) electrons. The minimum absolute atomic E-state index is 0.0984. The number of rotatable bonds is 1. The van der Waals surface area contributed by atoms with Gasteiger partial charge in [-0.15, -0.1) is 0 Å². The Morgan fingerprint density at radius 1 is 1.08 bits per heavy atom. The van der Waals surface area contributed by atoms with E-state index in [2.05, 4.69) is 0 Å². The molecule has 0 aromatic rings. The molecule has 0 aromatic carbocycles. The van der Waals surface area contributed by atoms with Gasteiger partial charge in [-0.1, -0.05) is 19.3 Å². The Labute approximate surface area is 79.3 Å². The van der Waals surface area contributed by atoms with Gasteiger partial charge in [0.05, 0.1) is 15.4 Å². The maximum atomic E-state index is 10.9. The maximum absolute atomic E-state index is 10.9. The van der Waals surface area contributed by atoms with Crippen molar-refractivity contribution in [1.29, 1.82) is 0 Å². The second kappa shape index (κ2) is 2.95. The van der Waals surface area contributed by atoms with Crippen molar-refractivity contribution in [2.45, 2.75) is 50.2 Å². The first-order valence-corrected chi connectivity index (χ1v) is 6.46. The first-order valence-electron chi connectivity index (χ1n) is 4.99. The van der Waals surface area contributed by atoms with Gasteiger partial charge >= 0.3 is 0 Å². The van der Waals surface area contributed by atoms with Gasteiger partial charge in [0, 0.05) is 0 Å². The number of hydrogen-bond donors (Lipinski definition) is 0. The lowest BCUT2D eigenvalue weighted by molar-refractivity contribution is 0.0780. The molecule has 1 atom stereocenters. The summed E-state index contributed by atoms with van der Waals surface area (Å²) in [6.45, 7) is 0. The molecule has 0 saturated heterocycles.